The van der Waals surface area contributed by atoms with Gasteiger partial charge in [-0.1, -0.05) is 32.9 Å². The van der Waals surface area contributed by atoms with Gasteiger partial charge < -0.3 is 14.8 Å². The van der Waals surface area contributed by atoms with Crippen LogP contribution in [-0.4, -0.2) is 55.7 Å². The Bertz CT molecular complexity index is 758. The summed E-state index contributed by atoms with van der Waals surface area (Å²) in [5.41, 5.74) is 1.000. The molecular weight excluding hydrogens is 356 g/mol. The summed E-state index contributed by atoms with van der Waals surface area (Å²) in [6.07, 6.45) is -0.444. The lowest BCUT2D eigenvalue weighted by atomic mass is 9.87. The van der Waals surface area contributed by atoms with Crippen LogP contribution < -0.4 is 5.11 Å². The van der Waals surface area contributed by atoms with Gasteiger partial charge in [0.2, 0.25) is 15.9 Å². The zero-order valence-electron chi connectivity index (χ0n) is 15.4. The molecule has 1 aromatic rings. The number of aliphatic carboxylic acids is 1. The molecule has 1 aromatic carbocycles. The lowest BCUT2D eigenvalue weighted by molar-refractivity contribution is -0.305. The third-order valence-electron chi connectivity index (χ3n) is 4.49. The van der Waals surface area contributed by atoms with E-state index in [9.17, 15) is 23.1 Å². The maximum atomic E-state index is 12.8. The average Bonchev–Trinajstić information content (AvgIpc) is 2.59. The van der Waals surface area contributed by atoms with Gasteiger partial charge in [0.25, 0.3) is 0 Å². The third-order valence-corrected chi connectivity index (χ3v) is 6.41. The molecule has 0 saturated carbocycles. The van der Waals surface area contributed by atoms with Gasteiger partial charge in [-0.3, -0.25) is 4.79 Å². The standard InChI is InChI=1S/C18H26N2O5S/c1-18(2,3)14-4-6-15(7-5-14)26(24,25)20-12-10-19(11-13-20)16(21)8-9-17(22)23/h4-7H,8-13H2,1-3H3,(H,22,23)/p-1. The Labute approximate surface area is 154 Å². The summed E-state index contributed by atoms with van der Waals surface area (Å²) in [6.45, 7) is 7.09. The second kappa shape index (κ2) is 7.75. The topological polar surface area (TPSA) is 97.8 Å². The smallest absolute Gasteiger partial charge is 0.243 e. The largest absolute Gasteiger partial charge is 0.550 e. The molecule has 1 fully saturated rings. The van der Waals surface area contributed by atoms with E-state index in [1.165, 1.54) is 9.21 Å². The number of carboxylic acids is 1. The van der Waals surface area contributed by atoms with E-state index in [1.54, 1.807) is 12.1 Å². The Kier molecular flexibility index (Phi) is 6.08. The van der Waals surface area contributed by atoms with Crippen molar-refractivity contribution in [1.82, 2.24) is 9.21 Å². The fourth-order valence-corrected chi connectivity index (χ4v) is 4.24. The number of carboxylic acid groups (broad SMARTS) is 1. The van der Waals surface area contributed by atoms with Crippen LogP contribution in [0.25, 0.3) is 0 Å². The lowest BCUT2D eigenvalue weighted by Gasteiger charge is -2.34. The summed E-state index contributed by atoms with van der Waals surface area (Å²) in [5.74, 6) is -1.56. The van der Waals surface area contributed by atoms with E-state index in [2.05, 4.69) is 20.8 Å². The van der Waals surface area contributed by atoms with Crippen molar-refractivity contribution in [1.29, 1.82) is 0 Å². The van der Waals surface area contributed by atoms with E-state index in [1.807, 2.05) is 12.1 Å². The van der Waals surface area contributed by atoms with Crippen LogP contribution >= 0.6 is 0 Å². The van der Waals surface area contributed by atoms with Gasteiger partial charge in [-0.05, 0) is 29.5 Å². The van der Waals surface area contributed by atoms with Crippen molar-refractivity contribution in [3.63, 3.8) is 0 Å². The predicted octanol–water partition coefficient (Wildman–Crippen LogP) is 0.347. The van der Waals surface area contributed by atoms with Crippen molar-refractivity contribution in [3.8, 4) is 0 Å². The van der Waals surface area contributed by atoms with Crippen LogP contribution in [0.2, 0.25) is 0 Å². The van der Waals surface area contributed by atoms with E-state index in [-0.39, 0.29) is 55.2 Å². The number of rotatable bonds is 5. The maximum Gasteiger partial charge on any atom is 0.243 e. The van der Waals surface area contributed by atoms with Crippen molar-refractivity contribution in [2.45, 2.75) is 43.9 Å². The summed E-state index contributed by atoms with van der Waals surface area (Å²) in [6, 6.07) is 6.89. The molecule has 7 nitrogen and oxygen atoms in total. The first kappa shape index (κ1) is 20.4. The molecule has 1 aliphatic rings. The molecular formula is C18H25N2O5S-. The minimum absolute atomic E-state index is 0.0558. The summed E-state index contributed by atoms with van der Waals surface area (Å²) in [5, 5.41) is 10.4. The van der Waals surface area contributed by atoms with Crippen LogP contribution in [0.1, 0.15) is 39.2 Å². The minimum atomic E-state index is -3.61. The number of nitrogens with zero attached hydrogens (tertiary/aromatic N) is 2. The first-order chi connectivity index (χ1) is 12.0. The highest BCUT2D eigenvalue weighted by Gasteiger charge is 2.30. The van der Waals surface area contributed by atoms with Crippen LogP contribution in [0.5, 0.6) is 0 Å². The molecule has 0 N–H and O–H groups in total. The number of piperazine rings is 1. The minimum Gasteiger partial charge on any atom is -0.550 e. The summed E-state index contributed by atoms with van der Waals surface area (Å²) < 4.78 is 26.9. The molecule has 0 unspecified atom stereocenters. The molecule has 0 atom stereocenters. The second-order valence-electron chi connectivity index (χ2n) is 7.43. The Hall–Kier alpha value is -1.93. The number of hydrogen-bond acceptors (Lipinski definition) is 5. The maximum absolute atomic E-state index is 12.8. The van der Waals surface area contributed by atoms with Gasteiger partial charge in [-0.2, -0.15) is 4.31 Å². The van der Waals surface area contributed by atoms with E-state index < -0.39 is 16.0 Å². The molecule has 0 bridgehead atoms. The normalized spacial score (nSPS) is 16.5. The van der Waals surface area contributed by atoms with Crippen molar-refractivity contribution < 1.29 is 23.1 Å². The van der Waals surface area contributed by atoms with Gasteiger partial charge in [-0.25, -0.2) is 8.42 Å². The third kappa shape index (κ3) is 4.82. The molecule has 1 amide bonds. The van der Waals surface area contributed by atoms with Crippen molar-refractivity contribution in [2.75, 3.05) is 26.2 Å². The molecule has 0 spiro atoms. The molecule has 1 aliphatic heterocycles. The van der Waals surface area contributed by atoms with Crippen molar-refractivity contribution in [3.05, 3.63) is 29.8 Å². The highest BCUT2D eigenvalue weighted by atomic mass is 32.2. The lowest BCUT2D eigenvalue weighted by Crippen LogP contribution is -2.50. The molecule has 0 aromatic heterocycles. The number of benzene rings is 1. The summed E-state index contributed by atoms with van der Waals surface area (Å²) in [7, 11) is -3.61. The summed E-state index contributed by atoms with van der Waals surface area (Å²) >= 11 is 0. The van der Waals surface area contributed by atoms with E-state index in [0.717, 1.165) is 5.56 Å². The number of sulfonamides is 1. The second-order valence-corrected chi connectivity index (χ2v) is 9.37. The van der Waals surface area contributed by atoms with Gasteiger partial charge in [0.1, 0.15) is 0 Å². The molecule has 26 heavy (non-hydrogen) atoms. The van der Waals surface area contributed by atoms with E-state index in [4.69, 9.17) is 0 Å². The van der Waals surface area contributed by atoms with Gasteiger partial charge in [0, 0.05) is 38.6 Å². The fraction of sp³-hybridized carbons (Fsp3) is 0.556. The van der Waals surface area contributed by atoms with Gasteiger partial charge in [-0.15, -0.1) is 0 Å². The number of amides is 1. The van der Waals surface area contributed by atoms with Crippen molar-refractivity contribution >= 4 is 21.9 Å². The van der Waals surface area contributed by atoms with Crippen LogP contribution in [0.4, 0.5) is 0 Å². The SMILES string of the molecule is CC(C)(C)c1ccc(S(=O)(=O)N2CCN(C(=O)CCC(=O)[O-])CC2)cc1. The first-order valence-corrected chi connectivity index (χ1v) is 10.0. The fourth-order valence-electron chi connectivity index (χ4n) is 2.82. The van der Waals surface area contributed by atoms with Crippen LogP contribution in [-0.2, 0) is 25.0 Å². The predicted molar refractivity (Wildman–Crippen MR) is 94.7 cm³/mol. The molecule has 144 valence electrons. The van der Waals surface area contributed by atoms with Gasteiger partial charge in [0.05, 0.1) is 4.90 Å². The first-order valence-electron chi connectivity index (χ1n) is 8.60. The monoisotopic (exact) mass is 381 g/mol. The Morgan fingerprint density at radius 2 is 1.54 bits per heavy atom. The van der Waals surface area contributed by atoms with Crippen LogP contribution in [0, 0.1) is 0 Å². The number of carbonyl (C=O) groups excluding carboxylic acids is 2. The van der Waals surface area contributed by atoms with Gasteiger partial charge >= 0.3 is 0 Å². The van der Waals surface area contributed by atoms with Crippen molar-refractivity contribution in [2.24, 2.45) is 0 Å². The Morgan fingerprint density at radius 1 is 1.00 bits per heavy atom. The Balaban J connectivity index is 2.01. The van der Waals surface area contributed by atoms with E-state index in [0.29, 0.717) is 0 Å². The average molecular weight is 381 g/mol. The van der Waals surface area contributed by atoms with Crippen LogP contribution in [0.3, 0.4) is 0 Å². The van der Waals surface area contributed by atoms with E-state index >= 15 is 0 Å². The zero-order valence-corrected chi connectivity index (χ0v) is 16.2. The Morgan fingerprint density at radius 3 is 2.00 bits per heavy atom. The zero-order chi connectivity index (χ0) is 19.5. The van der Waals surface area contributed by atoms with Crippen LogP contribution in [0.15, 0.2) is 29.2 Å². The summed E-state index contributed by atoms with van der Waals surface area (Å²) in [4.78, 5) is 24.1. The molecule has 0 radical (unpaired) electrons. The quantitative estimate of drug-likeness (QED) is 0.733. The molecule has 8 heteroatoms. The molecule has 0 aliphatic carbocycles. The molecule has 1 saturated heterocycles. The highest BCUT2D eigenvalue weighted by molar-refractivity contribution is 7.89. The molecule has 1 heterocycles. The number of hydrogen-bond donors (Lipinski definition) is 0. The molecule has 2 rings (SSSR count). The van der Waals surface area contributed by atoms with Gasteiger partial charge in [0.15, 0.2) is 0 Å². The number of carbonyl (C=O) groups is 2. The highest BCUT2D eigenvalue weighted by Crippen LogP contribution is 2.25.